The van der Waals surface area contributed by atoms with E-state index in [4.69, 9.17) is 23.2 Å². The summed E-state index contributed by atoms with van der Waals surface area (Å²) in [6.45, 7) is 0.943. The van der Waals surface area contributed by atoms with Crippen molar-refractivity contribution in [3.8, 4) is 0 Å². The van der Waals surface area contributed by atoms with E-state index in [0.29, 0.717) is 0 Å². The molecule has 2 aromatic rings. The van der Waals surface area contributed by atoms with Gasteiger partial charge in [-0.05, 0) is 36.4 Å². The van der Waals surface area contributed by atoms with Gasteiger partial charge in [0.2, 0.25) is 10.0 Å². The molecule has 3 rings (SSSR count). The van der Waals surface area contributed by atoms with Crippen LogP contribution in [-0.4, -0.2) is 64.4 Å². The zero-order valence-electron chi connectivity index (χ0n) is 15.9. The minimum atomic E-state index is -3.93. The van der Waals surface area contributed by atoms with Crippen LogP contribution in [0.1, 0.15) is 10.4 Å². The molecule has 1 saturated heterocycles. The van der Waals surface area contributed by atoms with Crippen LogP contribution >= 0.6 is 23.2 Å². The summed E-state index contributed by atoms with van der Waals surface area (Å²) in [5.74, 6) is -0.307. The molecule has 2 aromatic carbocycles. The van der Waals surface area contributed by atoms with Crippen molar-refractivity contribution in [2.45, 2.75) is 4.90 Å². The SMILES string of the molecule is CS(=O)(=O)N1CCN(C(=O)c2cccc(NS(=O)(=O)c3ccc(Cl)c(Cl)c3)c2)CC1. The lowest BCUT2D eigenvalue weighted by molar-refractivity contribution is 0.0698. The Morgan fingerprint density at radius 2 is 1.60 bits per heavy atom. The molecule has 1 N–H and O–H groups in total. The van der Waals surface area contributed by atoms with Crippen molar-refractivity contribution in [3.05, 3.63) is 58.1 Å². The highest BCUT2D eigenvalue weighted by molar-refractivity contribution is 7.92. The van der Waals surface area contributed by atoms with Gasteiger partial charge >= 0.3 is 0 Å². The second kappa shape index (κ2) is 8.72. The molecule has 30 heavy (non-hydrogen) atoms. The van der Waals surface area contributed by atoms with Crippen molar-refractivity contribution in [1.29, 1.82) is 0 Å². The predicted octanol–water partition coefficient (Wildman–Crippen LogP) is 2.51. The van der Waals surface area contributed by atoms with Gasteiger partial charge in [0.25, 0.3) is 15.9 Å². The lowest BCUT2D eigenvalue weighted by atomic mass is 10.1. The van der Waals surface area contributed by atoms with Crippen LogP contribution in [0.4, 0.5) is 5.69 Å². The van der Waals surface area contributed by atoms with E-state index in [1.807, 2.05) is 0 Å². The van der Waals surface area contributed by atoms with E-state index in [0.717, 1.165) is 6.26 Å². The maximum Gasteiger partial charge on any atom is 0.261 e. The van der Waals surface area contributed by atoms with Crippen molar-refractivity contribution < 1.29 is 21.6 Å². The summed E-state index contributed by atoms with van der Waals surface area (Å²) in [5, 5.41) is 0.343. The number of halogens is 2. The standard InChI is InChI=1S/C18H19Cl2N3O5S2/c1-29(25,26)23-9-7-22(8-10-23)18(24)13-3-2-4-14(11-13)21-30(27,28)15-5-6-16(19)17(20)12-15/h2-6,11-12,21H,7-10H2,1H3. The molecule has 8 nitrogen and oxygen atoms in total. The monoisotopic (exact) mass is 491 g/mol. The van der Waals surface area contributed by atoms with Gasteiger partial charge in [-0.2, -0.15) is 4.31 Å². The van der Waals surface area contributed by atoms with Gasteiger partial charge in [-0.15, -0.1) is 0 Å². The molecule has 0 aromatic heterocycles. The molecule has 0 aliphatic carbocycles. The van der Waals surface area contributed by atoms with Crippen LogP contribution in [0, 0.1) is 0 Å². The average molecular weight is 492 g/mol. The van der Waals surface area contributed by atoms with E-state index in [1.54, 1.807) is 12.1 Å². The Hall–Kier alpha value is -1.85. The Labute approximate surface area is 185 Å². The van der Waals surface area contributed by atoms with Gasteiger partial charge in [-0.1, -0.05) is 29.3 Å². The number of piperazine rings is 1. The molecule has 0 radical (unpaired) electrons. The van der Waals surface area contributed by atoms with Crippen molar-refractivity contribution in [2.24, 2.45) is 0 Å². The molecule has 1 aliphatic rings. The minimum Gasteiger partial charge on any atom is -0.336 e. The lowest BCUT2D eigenvalue weighted by Crippen LogP contribution is -2.50. The lowest BCUT2D eigenvalue weighted by Gasteiger charge is -2.33. The van der Waals surface area contributed by atoms with Gasteiger partial charge in [0, 0.05) is 37.4 Å². The van der Waals surface area contributed by atoms with Crippen molar-refractivity contribution in [1.82, 2.24) is 9.21 Å². The number of amides is 1. The average Bonchev–Trinajstić information content (AvgIpc) is 2.68. The molecule has 1 heterocycles. The van der Waals surface area contributed by atoms with Crippen molar-refractivity contribution >= 4 is 54.8 Å². The van der Waals surface area contributed by atoms with E-state index < -0.39 is 20.0 Å². The van der Waals surface area contributed by atoms with E-state index in [2.05, 4.69) is 4.72 Å². The maximum absolute atomic E-state index is 12.8. The first-order chi connectivity index (χ1) is 14.0. The third-order valence-corrected chi connectivity index (χ3v) is 7.98. The Morgan fingerprint density at radius 1 is 0.933 bits per heavy atom. The number of carbonyl (C=O) groups is 1. The highest BCUT2D eigenvalue weighted by Crippen LogP contribution is 2.26. The molecule has 1 aliphatic heterocycles. The molecular weight excluding hydrogens is 473 g/mol. The highest BCUT2D eigenvalue weighted by atomic mass is 35.5. The molecule has 0 unspecified atom stereocenters. The topological polar surface area (TPSA) is 104 Å². The number of nitrogens with zero attached hydrogens (tertiary/aromatic N) is 2. The Bertz CT molecular complexity index is 1180. The molecule has 0 atom stereocenters. The summed E-state index contributed by atoms with van der Waals surface area (Å²) < 4.78 is 52.2. The molecule has 1 fully saturated rings. The van der Waals surface area contributed by atoms with Crippen LogP contribution in [0.15, 0.2) is 47.4 Å². The first kappa shape index (κ1) is 22.8. The number of benzene rings is 2. The molecular formula is C18H19Cl2N3O5S2. The second-order valence-electron chi connectivity index (χ2n) is 6.72. The number of carbonyl (C=O) groups excluding carboxylic acids is 1. The number of sulfonamides is 2. The first-order valence-electron chi connectivity index (χ1n) is 8.80. The fourth-order valence-electron chi connectivity index (χ4n) is 2.98. The van der Waals surface area contributed by atoms with E-state index in [-0.39, 0.29) is 58.3 Å². The van der Waals surface area contributed by atoms with Crippen LogP contribution in [-0.2, 0) is 20.0 Å². The summed E-state index contributed by atoms with van der Waals surface area (Å²) in [5.41, 5.74) is 0.499. The predicted molar refractivity (Wildman–Crippen MR) is 116 cm³/mol. The Morgan fingerprint density at radius 3 is 2.20 bits per heavy atom. The normalized spacial score (nSPS) is 15.8. The molecule has 0 bridgehead atoms. The number of anilines is 1. The minimum absolute atomic E-state index is 0.0643. The van der Waals surface area contributed by atoms with E-state index in [1.165, 1.54) is 39.5 Å². The highest BCUT2D eigenvalue weighted by Gasteiger charge is 2.27. The van der Waals surface area contributed by atoms with Crippen LogP contribution in [0.25, 0.3) is 0 Å². The smallest absolute Gasteiger partial charge is 0.261 e. The molecule has 12 heteroatoms. The van der Waals surface area contributed by atoms with Gasteiger partial charge in [0.1, 0.15) is 0 Å². The molecule has 1 amide bonds. The summed E-state index contributed by atoms with van der Waals surface area (Å²) in [6.07, 6.45) is 1.13. The number of nitrogens with one attached hydrogen (secondary N) is 1. The summed E-state index contributed by atoms with van der Waals surface area (Å²) in [6, 6.07) is 10.0. The van der Waals surface area contributed by atoms with Gasteiger partial charge < -0.3 is 4.90 Å². The maximum atomic E-state index is 12.8. The van der Waals surface area contributed by atoms with E-state index >= 15 is 0 Å². The van der Waals surface area contributed by atoms with Gasteiger partial charge in [-0.25, -0.2) is 16.8 Å². The van der Waals surface area contributed by atoms with Crippen LogP contribution in [0.3, 0.4) is 0 Å². The summed E-state index contributed by atoms with van der Waals surface area (Å²) >= 11 is 11.7. The Kier molecular flexibility index (Phi) is 6.63. The van der Waals surface area contributed by atoms with Crippen molar-refractivity contribution in [2.75, 3.05) is 37.2 Å². The zero-order valence-corrected chi connectivity index (χ0v) is 19.0. The summed E-state index contributed by atoms with van der Waals surface area (Å²) in [7, 11) is -7.23. The largest absolute Gasteiger partial charge is 0.336 e. The molecule has 162 valence electrons. The molecule has 0 spiro atoms. The van der Waals surface area contributed by atoms with Gasteiger partial charge in [-0.3, -0.25) is 9.52 Å². The molecule has 0 saturated carbocycles. The number of hydrogen-bond acceptors (Lipinski definition) is 5. The fourth-order valence-corrected chi connectivity index (χ4v) is 5.24. The number of hydrogen-bond donors (Lipinski definition) is 1. The van der Waals surface area contributed by atoms with Crippen LogP contribution in [0.5, 0.6) is 0 Å². The second-order valence-corrected chi connectivity index (χ2v) is 11.2. The number of rotatable bonds is 5. The summed E-state index contributed by atoms with van der Waals surface area (Å²) in [4.78, 5) is 14.2. The third kappa shape index (κ3) is 5.25. The van der Waals surface area contributed by atoms with Gasteiger partial charge in [0.05, 0.1) is 21.2 Å². The fraction of sp³-hybridized carbons (Fsp3) is 0.278. The van der Waals surface area contributed by atoms with E-state index in [9.17, 15) is 21.6 Å². The van der Waals surface area contributed by atoms with Crippen molar-refractivity contribution in [3.63, 3.8) is 0 Å². The van der Waals surface area contributed by atoms with Crippen LogP contribution < -0.4 is 4.72 Å². The Balaban J connectivity index is 1.74. The quantitative estimate of drug-likeness (QED) is 0.691. The van der Waals surface area contributed by atoms with Crippen LogP contribution in [0.2, 0.25) is 10.0 Å². The van der Waals surface area contributed by atoms with Gasteiger partial charge in [0.15, 0.2) is 0 Å². The third-order valence-electron chi connectivity index (χ3n) is 4.56. The first-order valence-corrected chi connectivity index (χ1v) is 12.9. The zero-order chi connectivity index (χ0) is 22.1.